The standard InChI is InChI=1S/C10H9F3N4/c11-10(12,13)9(2-3-9)16-8-7-1-4-15-17(7)6-5-14-8/h1,4-6H,2-3H2,(H,14,16). The van der Waals surface area contributed by atoms with Crippen molar-refractivity contribution in [1.29, 1.82) is 0 Å². The van der Waals surface area contributed by atoms with Crippen LogP contribution in [-0.4, -0.2) is 26.3 Å². The molecule has 2 heterocycles. The van der Waals surface area contributed by atoms with Crippen LogP contribution in [0.1, 0.15) is 12.8 Å². The Bertz CT molecular complexity index is 556. The molecule has 4 nitrogen and oxygen atoms in total. The molecule has 1 saturated carbocycles. The Balaban J connectivity index is 1.98. The van der Waals surface area contributed by atoms with Gasteiger partial charge in [-0.3, -0.25) is 0 Å². The monoisotopic (exact) mass is 242 g/mol. The number of anilines is 1. The lowest BCUT2D eigenvalue weighted by molar-refractivity contribution is -0.151. The quantitative estimate of drug-likeness (QED) is 0.878. The van der Waals surface area contributed by atoms with Crippen LogP contribution in [0.15, 0.2) is 24.7 Å². The van der Waals surface area contributed by atoms with Gasteiger partial charge in [0.25, 0.3) is 0 Å². The van der Waals surface area contributed by atoms with Gasteiger partial charge in [0.2, 0.25) is 0 Å². The molecule has 2 aromatic heterocycles. The molecule has 0 spiro atoms. The zero-order chi connectivity index (χ0) is 12.1. The number of halogens is 3. The summed E-state index contributed by atoms with van der Waals surface area (Å²) in [7, 11) is 0. The predicted molar refractivity (Wildman–Crippen MR) is 54.6 cm³/mol. The lowest BCUT2D eigenvalue weighted by Gasteiger charge is -2.21. The van der Waals surface area contributed by atoms with E-state index in [1.165, 1.54) is 16.9 Å². The molecule has 17 heavy (non-hydrogen) atoms. The Morgan fingerprint density at radius 2 is 2.06 bits per heavy atom. The molecule has 0 aliphatic heterocycles. The minimum Gasteiger partial charge on any atom is -0.354 e. The van der Waals surface area contributed by atoms with Crippen molar-refractivity contribution in [2.75, 3.05) is 5.32 Å². The van der Waals surface area contributed by atoms with Crippen molar-refractivity contribution < 1.29 is 13.2 Å². The van der Waals surface area contributed by atoms with E-state index in [2.05, 4.69) is 15.4 Å². The maximum atomic E-state index is 12.8. The highest BCUT2D eigenvalue weighted by atomic mass is 19.4. The number of hydrogen-bond donors (Lipinski definition) is 1. The van der Waals surface area contributed by atoms with Gasteiger partial charge >= 0.3 is 6.18 Å². The van der Waals surface area contributed by atoms with Crippen LogP contribution in [0, 0.1) is 0 Å². The van der Waals surface area contributed by atoms with E-state index in [9.17, 15) is 13.2 Å². The predicted octanol–water partition coefficient (Wildman–Crippen LogP) is 2.24. The smallest absolute Gasteiger partial charge is 0.354 e. The van der Waals surface area contributed by atoms with Gasteiger partial charge in [-0.25, -0.2) is 9.50 Å². The van der Waals surface area contributed by atoms with Gasteiger partial charge in [-0.1, -0.05) is 0 Å². The molecule has 3 rings (SSSR count). The van der Waals surface area contributed by atoms with E-state index in [0.29, 0.717) is 5.52 Å². The fourth-order valence-electron chi connectivity index (χ4n) is 1.79. The van der Waals surface area contributed by atoms with Gasteiger partial charge in [0.1, 0.15) is 11.1 Å². The molecule has 0 saturated heterocycles. The molecule has 90 valence electrons. The van der Waals surface area contributed by atoms with E-state index >= 15 is 0 Å². The SMILES string of the molecule is FC(F)(F)C1(Nc2nccn3nccc23)CC1. The second-order valence-electron chi connectivity index (χ2n) is 4.14. The van der Waals surface area contributed by atoms with Crippen LogP contribution in [0.3, 0.4) is 0 Å². The van der Waals surface area contributed by atoms with Crippen LogP contribution < -0.4 is 5.32 Å². The van der Waals surface area contributed by atoms with Crippen molar-refractivity contribution in [3.05, 3.63) is 24.7 Å². The van der Waals surface area contributed by atoms with Crippen molar-refractivity contribution in [2.45, 2.75) is 24.6 Å². The van der Waals surface area contributed by atoms with Crippen LogP contribution in [-0.2, 0) is 0 Å². The molecule has 0 amide bonds. The molecule has 2 aromatic rings. The largest absolute Gasteiger partial charge is 0.411 e. The summed E-state index contributed by atoms with van der Waals surface area (Å²) in [6.45, 7) is 0. The van der Waals surface area contributed by atoms with Gasteiger partial charge in [-0.2, -0.15) is 18.3 Å². The average molecular weight is 242 g/mol. The number of rotatable bonds is 2. The number of nitrogens with zero attached hydrogens (tertiary/aromatic N) is 3. The fraction of sp³-hybridized carbons (Fsp3) is 0.400. The highest BCUT2D eigenvalue weighted by Gasteiger charge is 2.63. The average Bonchev–Trinajstić information content (AvgIpc) is 2.89. The molecular weight excluding hydrogens is 233 g/mol. The van der Waals surface area contributed by atoms with Crippen molar-refractivity contribution in [2.24, 2.45) is 0 Å². The van der Waals surface area contributed by atoms with Gasteiger partial charge in [0.05, 0.1) is 6.20 Å². The third-order valence-corrected chi connectivity index (χ3v) is 2.97. The molecule has 7 heteroatoms. The first-order valence-corrected chi connectivity index (χ1v) is 5.15. The number of alkyl halides is 3. The third-order valence-electron chi connectivity index (χ3n) is 2.97. The summed E-state index contributed by atoms with van der Waals surface area (Å²) in [6, 6.07) is 1.63. The second kappa shape index (κ2) is 3.12. The maximum absolute atomic E-state index is 12.8. The normalized spacial score (nSPS) is 18.3. The van der Waals surface area contributed by atoms with Crippen molar-refractivity contribution in [1.82, 2.24) is 14.6 Å². The molecule has 1 N–H and O–H groups in total. The number of fused-ring (bicyclic) bond motifs is 1. The first-order chi connectivity index (χ1) is 8.02. The molecule has 1 fully saturated rings. The van der Waals surface area contributed by atoms with E-state index in [1.54, 1.807) is 12.3 Å². The molecule has 0 atom stereocenters. The summed E-state index contributed by atoms with van der Waals surface area (Å²) in [6.07, 6.45) is 0.472. The zero-order valence-electron chi connectivity index (χ0n) is 8.70. The van der Waals surface area contributed by atoms with Gasteiger partial charge < -0.3 is 5.32 Å². The fourth-order valence-corrected chi connectivity index (χ4v) is 1.79. The lowest BCUT2D eigenvalue weighted by atomic mass is 10.2. The summed E-state index contributed by atoms with van der Waals surface area (Å²) in [5, 5.41) is 6.45. The summed E-state index contributed by atoms with van der Waals surface area (Å²) >= 11 is 0. The molecule has 0 aromatic carbocycles. The first kappa shape index (κ1) is 10.4. The number of aromatic nitrogens is 3. The molecule has 0 bridgehead atoms. The lowest BCUT2D eigenvalue weighted by Crippen LogP contribution is -2.39. The maximum Gasteiger partial charge on any atom is 0.411 e. The Kier molecular flexibility index (Phi) is 1.90. The minimum absolute atomic E-state index is 0.0906. The first-order valence-electron chi connectivity index (χ1n) is 5.15. The Morgan fingerprint density at radius 3 is 2.71 bits per heavy atom. The molecule has 1 aliphatic rings. The highest BCUT2D eigenvalue weighted by molar-refractivity contribution is 5.68. The Labute approximate surface area is 94.5 Å². The zero-order valence-corrected chi connectivity index (χ0v) is 8.70. The van der Waals surface area contributed by atoms with Crippen LogP contribution in [0.4, 0.5) is 19.0 Å². The summed E-state index contributed by atoms with van der Waals surface area (Å²) in [4.78, 5) is 3.95. The van der Waals surface area contributed by atoms with Crippen molar-refractivity contribution in [3.8, 4) is 0 Å². The van der Waals surface area contributed by atoms with Crippen molar-refractivity contribution in [3.63, 3.8) is 0 Å². The Morgan fingerprint density at radius 1 is 1.29 bits per heavy atom. The van der Waals surface area contributed by atoms with Gasteiger partial charge in [0, 0.05) is 12.4 Å². The summed E-state index contributed by atoms with van der Waals surface area (Å²) in [5.74, 6) is 0.222. The number of nitrogens with one attached hydrogen (secondary N) is 1. The minimum atomic E-state index is -4.25. The second-order valence-corrected chi connectivity index (χ2v) is 4.14. The van der Waals surface area contributed by atoms with Crippen LogP contribution in [0.25, 0.3) is 5.52 Å². The van der Waals surface area contributed by atoms with Gasteiger partial charge in [0.15, 0.2) is 5.82 Å². The summed E-state index contributed by atoms with van der Waals surface area (Å²) in [5.41, 5.74) is -1.26. The molecule has 0 radical (unpaired) electrons. The Hall–Kier alpha value is -1.79. The van der Waals surface area contributed by atoms with Crippen LogP contribution in [0.5, 0.6) is 0 Å². The van der Waals surface area contributed by atoms with E-state index < -0.39 is 11.7 Å². The van der Waals surface area contributed by atoms with E-state index in [0.717, 1.165) is 0 Å². The number of hydrogen-bond acceptors (Lipinski definition) is 3. The van der Waals surface area contributed by atoms with Gasteiger partial charge in [-0.05, 0) is 18.9 Å². The van der Waals surface area contributed by atoms with Crippen molar-refractivity contribution >= 4 is 11.3 Å². The van der Waals surface area contributed by atoms with E-state index in [-0.39, 0.29) is 18.7 Å². The van der Waals surface area contributed by atoms with Gasteiger partial charge in [-0.15, -0.1) is 0 Å². The molecule has 0 unspecified atom stereocenters. The third kappa shape index (κ3) is 1.53. The van der Waals surface area contributed by atoms with Crippen LogP contribution in [0.2, 0.25) is 0 Å². The summed E-state index contributed by atoms with van der Waals surface area (Å²) < 4.78 is 39.9. The molecular formula is C10H9F3N4. The van der Waals surface area contributed by atoms with Crippen LogP contribution >= 0.6 is 0 Å². The topological polar surface area (TPSA) is 42.2 Å². The molecule has 1 aliphatic carbocycles. The van der Waals surface area contributed by atoms with E-state index in [4.69, 9.17) is 0 Å². The van der Waals surface area contributed by atoms with E-state index in [1.807, 2.05) is 0 Å². The highest BCUT2D eigenvalue weighted by Crippen LogP contribution is 2.51.